The smallest absolute Gasteiger partial charge is 0.0745 e. The highest BCUT2D eigenvalue weighted by Crippen LogP contribution is 2.28. The Morgan fingerprint density at radius 3 is 2.90 bits per heavy atom. The fourth-order valence-corrected chi connectivity index (χ4v) is 3.24. The summed E-state index contributed by atoms with van der Waals surface area (Å²) >= 11 is 0. The van der Waals surface area contributed by atoms with Crippen LogP contribution in [0.2, 0.25) is 0 Å². The topological polar surface area (TPSA) is 29.9 Å². The molecule has 1 aliphatic carbocycles. The SMILES string of the molecule is CCCn1nccc1C(NC)c1ccc2c(c1)CCC2. The van der Waals surface area contributed by atoms with E-state index < -0.39 is 0 Å². The van der Waals surface area contributed by atoms with Gasteiger partial charge in [0.15, 0.2) is 0 Å². The minimum absolute atomic E-state index is 0.231. The second kappa shape index (κ2) is 5.80. The highest BCUT2D eigenvalue weighted by molar-refractivity contribution is 5.38. The molecule has 0 saturated heterocycles. The molecule has 1 unspecified atom stereocenters. The number of hydrogen-bond donors (Lipinski definition) is 1. The van der Waals surface area contributed by atoms with Gasteiger partial charge in [-0.15, -0.1) is 0 Å². The summed E-state index contributed by atoms with van der Waals surface area (Å²) in [5, 5.41) is 7.90. The maximum Gasteiger partial charge on any atom is 0.0745 e. The maximum atomic E-state index is 4.45. The summed E-state index contributed by atoms with van der Waals surface area (Å²) in [6.45, 7) is 3.17. The zero-order valence-corrected chi connectivity index (χ0v) is 12.4. The summed E-state index contributed by atoms with van der Waals surface area (Å²) < 4.78 is 2.12. The van der Waals surface area contributed by atoms with Crippen molar-refractivity contribution in [1.29, 1.82) is 0 Å². The third-order valence-corrected chi connectivity index (χ3v) is 4.23. The van der Waals surface area contributed by atoms with Crippen molar-refractivity contribution in [2.75, 3.05) is 7.05 Å². The average Bonchev–Trinajstić information content (AvgIpc) is 3.09. The molecular formula is C17H23N3. The van der Waals surface area contributed by atoms with Crippen molar-refractivity contribution in [2.45, 2.75) is 45.2 Å². The monoisotopic (exact) mass is 269 g/mol. The predicted octanol–water partition coefficient (Wildman–Crippen LogP) is 3.09. The van der Waals surface area contributed by atoms with Crippen molar-refractivity contribution in [1.82, 2.24) is 15.1 Å². The number of aryl methyl sites for hydroxylation is 3. The number of nitrogens with zero attached hydrogens (tertiary/aromatic N) is 2. The van der Waals surface area contributed by atoms with Gasteiger partial charge in [0, 0.05) is 12.7 Å². The fraction of sp³-hybridized carbons (Fsp3) is 0.471. The van der Waals surface area contributed by atoms with Gasteiger partial charge in [-0.05, 0) is 55.5 Å². The van der Waals surface area contributed by atoms with E-state index in [1.807, 2.05) is 13.2 Å². The molecule has 0 radical (unpaired) electrons. The van der Waals surface area contributed by atoms with Crippen LogP contribution in [-0.2, 0) is 19.4 Å². The van der Waals surface area contributed by atoms with Crippen molar-refractivity contribution in [3.05, 3.63) is 52.8 Å². The van der Waals surface area contributed by atoms with Gasteiger partial charge in [0.05, 0.1) is 11.7 Å². The lowest BCUT2D eigenvalue weighted by molar-refractivity contribution is 0.534. The Kier molecular flexibility index (Phi) is 3.88. The standard InChI is InChI=1S/C17H23N3/c1-3-11-20-16(9-10-19-20)17(18-2)15-8-7-13-5-4-6-14(13)12-15/h7-10,12,17-18H,3-6,11H2,1-2H3. The summed E-state index contributed by atoms with van der Waals surface area (Å²) in [5.41, 5.74) is 5.67. The van der Waals surface area contributed by atoms with Crippen LogP contribution in [-0.4, -0.2) is 16.8 Å². The molecule has 0 fully saturated rings. The summed E-state index contributed by atoms with van der Waals surface area (Å²) in [5.74, 6) is 0. The zero-order chi connectivity index (χ0) is 13.9. The van der Waals surface area contributed by atoms with Crippen LogP contribution in [0.25, 0.3) is 0 Å². The van der Waals surface area contributed by atoms with Crippen LogP contribution >= 0.6 is 0 Å². The lowest BCUT2D eigenvalue weighted by Crippen LogP contribution is -2.21. The van der Waals surface area contributed by atoms with E-state index in [9.17, 15) is 0 Å². The van der Waals surface area contributed by atoms with E-state index in [0.29, 0.717) is 0 Å². The van der Waals surface area contributed by atoms with E-state index in [4.69, 9.17) is 0 Å². The first-order chi connectivity index (χ1) is 9.83. The van der Waals surface area contributed by atoms with Crippen LogP contribution in [0.4, 0.5) is 0 Å². The minimum atomic E-state index is 0.231. The molecule has 3 rings (SSSR count). The molecule has 0 bridgehead atoms. The average molecular weight is 269 g/mol. The third-order valence-electron chi connectivity index (χ3n) is 4.23. The predicted molar refractivity (Wildman–Crippen MR) is 81.9 cm³/mol. The Morgan fingerprint density at radius 1 is 1.25 bits per heavy atom. The molecule has 2 aromatic rings. The summed E-state index contributed by atoms with van der Waals surface area (Å²) in [6.07, 6.45) is 6.79. The van der Waals surface area contributed by atoms with E-state index in [-0.39, 0.29) is 6.04 Å². The number of benzene rings is 1. The molecule has 0 spiro atoms. The molecule has 1 aliphatic rings. The number of fused-ring (bicyclic) bond motifs is 1. The highest BCUT2D eigenvalue weighted by Gasteiger charge is 2.19. The quantitative estimate of drug-likeness (QED) is 0.904. The first-order valence-electron chi connectivity index (χ1n) is 7.64. The van der Waals surface area contributed by atoms with Gasteiger partial charge < -0.3 is 5.32 Å². The van der Waals surface area contributed by atoms with Gasteiger partial charge in [0.1, 0.15) is 0 Å². The van der Waals surface area contributed by atoms with Crippen LogP contribution in [0.5, 0.6) is 0 Å². The normalized spacial score (nSPS) is 15.3. The van der Waals surface area contributed by atoms with Gasteiger partial charge in [0.2, 0.25) is 0 Å². The van der Waals surface area contributed by atoms with Gasteiger partial charge in [-0.1, -0.05) is 25.1 Å². The second-order valence-corrected chi connectivity index (χ2v) is 5.58. The van der Waals surface area contributed by atoms with Gasteiger partial charge in [-0.25, -0.2) is 0 Å². The summed E-state index contributed by atoms with van der Waals surface area (Å²) in [4.78, 5) is 0. The van der Waals surface area contributed by atoms with E-state index in [0.717, 1.165) is 13.0 Å². The first kappa shape index (κ1) is 13.4. The molecule has 3 heteroatoms. The van der Waals surface area contributed by atoms with Crippen molar-refractivity contribution >= 4 is 0 Å². The molecule has 106 valence electrons. The van der Waals surface area contributed by atoms with Gasteiger partial charge in [-0.3, -0.25) is 4.68 Å². The Hall–Kier alpha value is -1.61. The molecule has 0 amide bonds. The van der Waals surface area contributed by atoms with Crippen LogP contribution in [0.1, 0.15) is 48.2 Å². The summed E-state index contributed by atoms with van der Waals surface area (Å²) in [6, 6.07) is 9.32. The van der Waals surface area contributed by atoms with E-state index >= 15 is 0 Å². The molecule has 1 N–H and O–H groups in total. The first-order valence-corrected chi connectivity index (χ1v) is 7.64. The number of rotatable bonds is 5. The molecule has 1 heterocycles. The second-order valence-electron chi connectivity index (χ2n) is 5.58. The van der Waals surface area contributed by atoms with Gasteiger partial charge in [-0.2, -0.15) is 5.10 Å². The molecule has 1 aromatic carbocycles. The maximum absolute atomic E-state index is 4.45. The van der Waals surface area contributed by atoms with E-state index in [2.05, 4.69) is 46.3 Å². The van der Waals surface area contributed by atoms with Gasteiger partial charge in [0.25, 0.3) is 0 Å². The molecule has 20 heavy (non-hydrogen) atoms. The van der Waals surface area contributed by atoms with Crippen LogP contribution in [0, 0.1) is 0 Å². The van der Waals surface area contributed by atoms with Gasteiger partial charge >= 0.3 is 0 Å². The molecule has 3 nitrogen and oxygen atoms in total. The number of nitrogens with one attached hydrogen (secondary N) is 1. The lowest BCUT2D eigenvalue weighted by Gasteiger charge is -2.19. The largest absolute Gasteiger partial charge is 0.308 e. The fourth-order valence-electron chi connectivity index (χ4n) is 3.24. The lowest BCUT2D eigenvalue weighted by atomic mass is 9.99. The van der Waals surface area contributed by atoms with Crippen molar-refractivity contribution in [3.8, 4) is 0 Å². The summed E-state index contributed by atoms with van der Waals surface area (Å²) in [7, 11) is 2.03. The molecular weight excluding hydrogens is 246 g/mol. The van der Waals surface area contributed by atoms with Crippen LogP contribution in [0.3, 0.4) is 0 Å². The van der Waals surface area contributed by atoms with Crippen molar-refractivity contribution in [2.24, 2.45) is 0 Å². The third kappa shape index (κ3) is 2.38. The van der Waals surface area contributed by atoms with Crippen LogP contribution < -0.4 is 5.32 Å². The number of aromatic nitrogens is 2. The highest BCUT2D eigenvalue weighted by atomic mass is 15.3. The molecule has 0 saturated carbocycles. The molecule has 1 atom stereocenters. The molecule has 1 aromatic heterocycles. The Balaban J connectivity index is 1.95. The van der Waals surface area contributed by atoms with Crippen molar-refractivity contribution < 1.29 is 0 Å². The van der Waals surface area contributed by atoms with Crippen LogP contribution in [0.15, 0.2) is 30.5 Å². The van der Waals surface area contributed by atoms with E-state index in [1.165, 1.54) is 41.6 Å². The molecule has 0 aliphatic heterocycles. The minimum Gasteiger partial charge on any atom is -0.308 e. The Labute approximate surface area is 121 Å². The number of hydrogen-bond acceptors (Lipinski definition) is 2. The Bertz CT molecular complexity index is 586. The zero-order valence-electron chi connectivity index (χ0n) is 12.4. The Morgan fingerprint density at radius 2 is 2.10 bits per heavy atom. The van der Waals surface area contributed by atoms with Crippen molar-refractivity contribution in [3.63, 3.8) is 0 Å². The van der Waals surface area contributed by atoms with E-state index in [1.54, 1.807) is 0 Å².